The Kier molecular flexibility index (Phi) is 3.96. The lowest BCUT2D eigenvalue weighted by Gasteiger charge is -2.40. The molecule has 1 aromatic carbocycles. The average Bonchev–Trinajstić information content (AvgIpc) is 2.97. The fourth-order valence-corrected chi connectivity index (χ4v) is 3.93. The van der Waals surface area contributed by atoms with Gasteiger partial charge in [-0.25, -0.2) is 9.37 Å². The molecule has 1 aromatic heterocycles. The van der Waals surface area contributed by atoms with Crippen LogP contribution in [0.1, 0.15) is 32.1 Å². The summed E-state index contributed by atoms with van der Waals surface area (Å²) in [7, 11) is 0. The number of ether oxygens (including phenoxy) is 1. The third-order valence-electron chi connectivity index (χ3n) is 4.91. The Hall–Kier alpha value is -2.40. The Morgan fingerprint density at radius 1 is 1.44 bits per heavy atom. The number of amides is 1. The second-order valence-electron chi connectivity index (χ2n) is 6.46. The Balaban J connectivity index is 1.53. The van der Waals surface area contributed by atoms with Gasteiger partial charge in [0.2, 0.25) is 5.67 Å². The van der Waals surface area contributed by atoms with Crippen LogP contribution in [0.5, 0.6) is 5.75 Å². The van der Waals surface area contributed by atoms with E-state index in [-0.39, 0.29) is 12.5 Å². The van der Waals surface area contributed by atoms with E-state index in [9.17, 15) is 9.18 Å². The summed E-state index contributed by atoms with van der Waals surface area (Å²) in [5.74, 6) is -0.00477. The molecule has 130 valence electrons. The van der Waals surface area contributed by atoms with Crippen LogP contribution in [-0.4, -0.2) is 28.7 Å². The molecule has 4 rings (SSSR count). The summed E-state index contributed by atoms with van der Waals surface area (Å²) in [6.45, 7) is 0. The first kappa shape index (κ1) is 16.1. The zero-order valence-electron chi connectivity index (χ0n) is 13.4. The number of nitrogens with zero attached hydrogens (tertiary/aromatic N) is 2. The van der Waals surface area contributed by atoms with Crippen molar-refractivity contribution in [2.75, 3.05) is 5.32 Å². The number of thiazole rings is 1. The van der Waals surface area contributed by atoms with E-state index in [0.29, 0.717) is 17.1 Å². The van der Waals surface area contributed by atoms with E-state index < -0.39 is 17.6 Å². The first-order chi connectivity index (χ1) is 12.1. The maximum absolute atomic E-state index is 14.7. The van der Waals surface area contributed by atoms with Crippen LogP contribution in [0.15, 0.2) is 18.2 Å². The van der Waals surface area contributed by atoms with Crippen molar-refractivity contribution in [3.05, 3.63) is 18.2 Å². The minimum absolute atomic E-state index is 0.0963. The van der Waals surface area contributed by atoms with Crippen LogP contribution in [0, 0.1) is 11.5 Å². The minimum Gasteiger partial charge on any atom is -0.489 e. The number of nitriles is 1. The van der Waals surface area contributed by atoms with E-state index in [2.05, 4.69) is 15.6 Å². The van der Waals surface area contributed by atoms with Gasteiger partial charge in [-0.05, 0) is 44.2 Å². The number of carbonyl (C=O) groups excluding carboxylic acids is 1. The summed E-state index contributed by atoms with van der Waals surface area (Å²) in [4.78, 5) is 16.7. The number of hydrogen-bond acceptors (Lipinski definition) is 6. The van der Waals surface area contributed by atoms with E-state index in [4.69, 9.17) is 10.00 Å². The second-order valence-corrected chi connectivity index (χ2v) is 7.46. The van der Waals surface area contributed by atoms with Crippen LogP contribution in [-0.2, 0) is 4.79 Å². The molecule has 8 heteroatoms. The summed E-state index contributed by atoms with van der Waals surface area (Å²) in [6.07, 6.45) is 5.78. The standard InChI is InChI=1S/C17H17FN4O2S/c18-17(8-7-13(17)20-9-19)15(23)22-16-21-11-5-2-6-12(14(11)25-16)24-10-3-1-4-10/h2,5-6,10,13,20H,1,3-4,7-8H2,(H,21,22,23). The van der Waals surface area contributed by atoms with Crippen LogP contribution < -0.4 is 15.4 Å². The molecule has 2 atom stereocenters. The maximum Gasteiger partial charge on any atom is 0.266 e. The molecule has 2 unspecified atom stereocenters. The van der Waals surface area contributed by atoms with Gasteiger partial charge in [-0.15, -0.1) is 0 Å². The van der Waals surface area contributed by atoms with Gasteiger partial charge in [0, 0.05) is 0 Å². The molecule has 1 heterocycles. The highest BCUT2D eigenvalue weighted by Gasteiger charge is 2.54. The molecule has 1 amide bonds. The van der Waals surface area contributed by atoms with Gasteiger partial charge in [0.15, 0.2) is 11.3 Å². The third-order valence-corrected chi connectivity index (χ3v) is 5.91. The molecule has 0 aliphatic heterocycles. The Morgan fingerprint density at radius 2 is 2.28 bits per heavy atom. The van der Waals surface area contributed by atoms with Crippen molar-refractivity contribution in [1.29, 1.82) is 5.26 Å². The first-order valence-corrected chi connectivity index (χ1v) is 9.13. The van der Waals surface area contributed by atoms with Crippen molar-refractivity contribution >= 4 is 32.6 Å². The van der Waals surface area contributed by atoms with Crippen LogP contribution >= 0.6 is 11.3 Å². The molecule has 2 aliphatic carbocycles. The summed E-state index contributed by atoms with van der Waals surface area (Å²) >= 11 is 1.27. The minimum atomic E-state index is -2.07. The lowest BCUT2D eigenvalue weighted by Crippen LogP contribution is -2.61. The van der Waals surface area contributed by atoms with Crippen molar-refractivity contribution in [2.45, 2.75) is 49.9 Å². The van der Waals surface area contributed by atoms with Gasteiger partial charge in [0.1, 0.15) is 5.75 Å². The Labute approximate surface area is 148 Å². The van der Waals surface area contributed by atoms with E-state index in [0.717, 1.165) is 23.3 Å². The molecule has 0 radical (unpaired) electrons. The van der Waals surface area contributed by atoms with Gasteiger partial charge < -0.3 is 10.1 Å². The van der Waals surface area contributed by atoms with E-state index in [1.165, 1.54) is 17.8 Å². The average molecular weight is 360 g/mol. The number of aromatic nitrogens is 1. The van der Waals surface area contributed by atoms with Gasteiger partial charge >= 0.3 is 0 Å². The largest absolute Gasteiger partial charge is 0.489 e. The topological polar surface area (TPSA) is 87.0 Å². The highest BCUT2D eigenvalue weighted by molar-refractivity contribution is 7.22. The predicted molar refractivity (Wildman–Crippen MR) is 92.1 cm³/mol. The highest BCUT2D eigenvalue weighted by atomic mass is 32.1. The first-order valence-electron chi connectivity index (χ1n) is 8.31. The zero-order chi connectivity index (χ0) is 17.4. The van der Waals surface area contributed by atoms with Crippen molar-refractivity contribution in [3.8, 4) is 11.9 Å². The molecule has 2 N–H and O–H groups in total. The van der Waals surface area contributed by atoms with Crippen LogP contribution in [0.25, 0.3) is 10.2 Å². The fraction of sp³-hybridized carbons (Fsp3) is 0.471. The van der Waals surface area contributed by atoms with E-state index >= 15 is 0 Å². The third kappa shape index (κ3) is 2.78. The smallest absolute Gasteiger partial charge is 0.266 e. The van der Waals surface area contributed by atoms with Gasteiger partial charge in [0.05, 0.1) is 22.4 Å². The molecular weight excluding hydrogens is 343 g/mol. The molecule has 2 aliphatic rings. The van der Waals surface area contributed by atoms with Crippen molar-refractivity contribution in [1.82, 2.24) is 10.3 Å². The molecule has 0 bridgehead atoms. The number of halogens is 1. The molecule has 0 saturated heterocycles. The fourth-order valence-electron chi connectivity index (χ4n) is 3.02. The van der Waals surface area contributed by atoms with Gasteiger partial charge in [-0.3, -0.25) is 10.1 Å². The van der Waals surface area contributed by atoms with E-state index in [1.807, 2.05) is 18.2 Å². The Bertz CT molecular complexity index is 860. The lowest BCUT2D eigenvalue weighted by atomic mass is 9.76. The quantitative estimate of drug-likeness (QED) is 0.632. The van der Waals surface area contributed by atoms with Crippen LogP contribution in [0.2, 0.25) is 0 Å². The van der Waals surface area contributed by atoms with Gasteiger partial charge in [-0.1, -0.05) is 17.4 Å². The monoisotopic (exact) mass is 360 g/mol. The maximum atomic E-state index is 14.7. The molecule has 25 heavy (non-hydrogen) atoms. The zero-order valence-corrected chi connectivity index (χ0v) is 14.2. The number of fused-ring (bicyclic) bond motifs is 1. The lowest BCUT2D eigenvalue weighted by molar-refractivity contribution is -0.135. The van der Waals surface area contributed by atoms with Gasteiger partial charge in [-0.2, -0.15) is 5.26 Å². The second kappa shape index (κ2) is 6.15. The molecule has 2 saturated carbocycles. The Morgan fingerprint density at radius 3 is 2.92 bits per heavy atom. The predicted octanol–water partition coefficient (Wildman–Crippen LogP) is 3.11. The molecule has 2 aromatic rings. The van der Waals surface area contributed by atoms with Crippen LogP contribution in [0.3, 0.4) is 0 Å². The molecule has 6 nitrogen and oxygen atoms in total. The van der Waals surface area contributed by atoms with Crippen molar-refractivity contribution < 1.29 is 13.9 Å². The number of anilines is 1. The van der Waals surface area contributed by atoms with Crippen molar-refractivity contribution in [3.63, 3.8) is 0 Å². The number of carbonyl (C=O) groups is 1. The normalized spacial score (nSPS) is 25.5. The number of rotatable bonds is 5. The highest BCUT2D eigenvalue weighted by Crippen LogP contribution is 2.39. The molecular formula is C17H17FN4O2S. The molecule has 0 spiro atoms. The summed E-state index contributed by atoms with van der Waals surface area (Å²) in [5.41, 5.74) is -1.36. The van der Waals surface area contributed by atoms with E-state index in [1.54, 1.807) is 6.19 Å². The number of nitrogens with one attached hydrogen (secondary N) is 2. The molecule has 2 fully saturated rings. The number of alkyl halides is 1. The van der Waals surface area contributed by atoms with Crippen molar-refractivity contribution in [2.24, 2.45) is 0 Å². The SMILES string of the molecule is N#CNC1CCC1(F)C(=O)Nc1nc2cccc(OC3CCC3)c2s1. The number of hydrogen-bond donors (Lipinski definition) is 2. The number of benzene rings is 1. The van der Waals surface area contributed by atoms with Crippen LogP contribution in [0.4, 0.5) is 9.52 Å². The summed E-state index contributed by atoms with van der Waals surface area (Å²) in [6, 6.07) is 4.81. The summed E-state index contributed by atoms with van der Waals surface area (Å²) in [5, 5.41) is 13.9. The van der Waals surface area contributed by atoms with Gasteiger partial charge in [0.25, 0.3) is 5.91 Å². The summed E-state index contributed by atoms with van der Waals surface area (Å²) < 4.78 is 21.5.